The third-order valence-corrected chi connectivity index (χ3v) is 6.77. The normalized spacial score (nSPS) is 12.1. The number of carbonyl (C=O) groups is 2. The Morgan fingerprint density at radius 1 is 0.925 bits per heavy atom. The van der Waals surface area contributed by atoms with Gasteiger partial charge in [0, 0.05) is 7.05 Å². The summed E-state index contributed by atoms with van der Waals surface area (Å²) in [6, 6.07) is 24.0. The number of amides is 1. The average Bonchev–Trinajstić information content (AvgIpc) is 3.15. The summed E-state index contributed by atoms with van der Waals surface area (Å²) < 4.78 is 14.4. The van der Waals surface area contributed by atoms with E-state index in [1.54, 1.807) is 55.1 Å². The Labute approximate surface area is 234 Å². The number of carbonyl (C=O) groups excluding carboxylic acids is 2. The molecule has 0 aliphatic heterocycles. The number of rotatable bonds is 8. The smallest absolute Gasteiger partial charge is 0.338 e. The number of para-hydroxylation sites is 1. The molecule has 0 spiro atoms. The van der Waals surface area contributed by atoms with Crippen molar-refractivity contribution in [3.8, 4) is 11.4 Å². The first-order valence-corrected chi connectivity index (χ1v) is 13.1. The molecule has 1 N–H and O–H groups in total. The third kappa shape index (κ3) is 6.34. The van der Waals surface area contributed by atoms with Gasteiger partial charge in [-0.2, -0.15) is 0 Å². The van der Waals surface area contributed by atoms with E-state index in [2.05, 4.69) is 38.2 Å². The van der Waals surface area contributed by atoms with Crippen LogP contribution in [0.2, 0.25) is 0 Å². The molecule has 1 heterocycles. The predicted octanol–water partition coefficient (Wildman–Crippen LogP) is 5.54. The predicted molar refractivity (Wildman–Crippen MR) is 155 cm³/mol. The summed E-state index contributed by atoms with van der Waals surface area (Å²) in [5, 5.41) is 2.63. The van der Waals surface area contributed by atoms with Crippen LogP contribution in [0.3, 0.4) is 0 Å². The second kappa shape index (κ2) is 11.7. The van der Waals surface area contributed by atoms with Gasteiger partial charge in [-0.15, -0.1) is 0 Å². The standard InChI is InChI=1S/C32H35N3O5/c1-21-28(30(37)35(34(21)6)26-10-8-7-9-11-26)33-29(36)22(2)40-31(38)24-14-12-23(13-15-24)20-39-27-18-16-25(17-19-27)32(3,4)5/h7-19,22H,20H2,1-6H3,(H,33,36). The molecule has 1 atom stereocenters. The fourth-order valence-electron chi connectivity index (χ4n) is 4.17. The highest BCUT2D eigenvalue weighted by molar-refractivity contribution is 5.97. The van der Waals surface area contributed by atoms with Crippen molar-refractivity contribution < 1.29 is 19.1 Å². The third-order valence-electron chi connectivity index (χ3n) is 6.77. The molecule has 0 saturated carbocycles. The lowest BCUT2D eigenvalue weighted by atomic mass is 9.87. The second-order valence-corrected chi connectivity index (χ2v) is 10.7. The molecule has 40 heavy (non-hydrogen) atoms. The van der Waals surface area contributed by atoms with E-state index in [0.29, 0.717) is 23.6 Å². The van der Waals surface area contributed by atoms with Gasteiger partial charge >= 0.3 is 5.97 Å². The molecule has 4 aromatic rings. The summed E-state index contributed by atoms with van der Waals surface area (Å²) >= 11 is 0. The van der Waals surface area contributed by atoms with Crippen molar-refractivity contribution in [1.29, 1.82) is 0 Å². The van der Waals surface area contributed by atoms with Crippen molar-refractivity contribution in [3.05, 3.63) is 112 Å². The molecule has 4 rings (SSSR count). The molecule has 0 aliphatic rings. The zero-order valence-electron chi connectivity index (χ0n) is 23.7. The molecule has 0 aliphatic carbocycles. The van der Waals surface area contributed by atoms with Gasteiger partial charge in [0.15, 0.2) is 6.10 Å². The maximum atomic E-state index is 13.1. The number of hydrogen-bond acceptors (Lipinski definition) is 5. The lowest BCUT2D eigenvalue weighted by molar-refractivity contribution is -0.123. The Bertz CT molecular complexity index is 1540. The van der Waals surface area contributed by atoms with Crippen LogP contribution in [0.1, 0.15) is 54.9 Å². The Morgan fingerprint density at radius 2 is 1.55 bits per heavy atom. The Balaban J connectivity index is 1.34. The van der Waals surface area contributed by atoms with Crippen molar-refractivity contribution in [2.45, 2.75) is 52.7 Å². The highest BCUT2D eigenvalue weighted by Gasteiger charge is 2.23. The van der Waals surface area contributed by atoms with Gasteiger partial charge < -0.3 is 14.8 Å². The highest BCUT2D eigenvalue weighted by Crippen LogP contribution is 2.24. The molecule has 8 nitrogen and oxygen atoms in total. The number of nitrogens with zero attached hydrogens (tertiary/aromatic N) is 2. The molecule has 0 bridgehead atoms. The second-order valence-electron chi connectivity index (χ2n) is 10.7. The maximum Gasteiger partial charge on any atom is 0.338 e. The largest absolute Gasteiger partial charge is 0.489 e. The number of hydrogen-bond donors (Lipinski definition) is 1. The van der Waals surface area contributed by atoms with Crippen LogP contribution in [0.4, 0.5) is 5.69 Å². The molecular weight excluding hydrogens is 506 g/mol. The zero-order chi connectivity index (χ0) is 29.0. The lowest BCUT2D eigenvalue weighted by Crippen LogP contribution is -2.32. The summed E-state index contributed by atoms with van der Waals surface area (Å²) in [4.78, 5) is 38.6. The van der Waals surface area contributed by atoms with E-state index in [4.69, 9.17) is 9.47 Å². The molecule has 8 heteroatoms. The van der Waals surface area contributed by atoms with Crippen LogP contribution in [0.25, 0.3) is 5.69 Å². The summed E-state index contributed by atoms with van der Waals surface area (Å²) in [6.45, 7) is 10.0. The molecule has 0 radical (unpaired) electrons. The van der Waals surface area contributed by atoms with Gasteiger partial charge in [-0.25, -0.2) is 9.48 Å². The van der Waals surface area contributed by atoms with Crippen LogP contribution in [-0.2, 0) is 28.6 Å². The topological polar surface area (TPSA) is 91.6 Å². The number of benzene rings is 3. The van der Waals surface area contributed by atoms with E-state index in [1.807, 2.05) is 30.3 Å². The molecule has 3 aromatic carbocycles. The SMILES string of the molecule is Cc1c(NC(=O)C(C)OC(=O)c2ccc(COc3ccc(C(C)(C)C)cc3)cc2)c(=O)n(-c2ccccc2)n1C. The fraction of sp³-hybridized carbons (Fsp3) is 0.281. The van der Waals surface area contributed by atoms with Gasteiger partial charge in [0.05, 0.1) is 16.9 Å². The maximum absolute atomic E-state index is 13.1. The first-order chi connectivity index (χ1) is 19.0. The molecule has 1 amide bonds. The number of nitrogens with one attached hydrogen (secondary N) is 1. The van der Waals surface area contributed by atoms with Crippen molar-refractivity contribution in [2.24, 2.45) is 7.05 Å². The molecule has 1 unspecified atom stereocenters. The van der Waals surface area contributed by atoms with Gasteiger partial charge in [-0.3, -0.25) is 14.3 Å². The van der Waals surface area contributed by atoms with E-state index < -0.39 is 18.0 Å². The molecule has 208 valence electrons. The number of aromatic nitrogens is 2. The van der Waals surface area contributed by atoms with Gasteiger partial charge in [0.1, 0.15) is 18.0 Å². The molecule has 1 aromatic heterocycles. The van der Waals surface area contributed by atoms with Crippen molar-refractivity contribution in [3.63, 3.8) is 0 Å². The number of ether oxygens (including phenoxy) is 2. The number of anilines is 1. The van der Waals surface area contributed by atoms with E-state index in [-0.39, 0.29) is 16.7 Å². The first kappa shape index (κ1) is 28.4. The van der Waals surface area contributed by atoms with Crippen LogP contribution in [0.15, 0.2) is 83.7 Å². The lowest BCUT2D eigenvalue weighted by Gasteiger charge is -2.19. The van der Waals surface area contributed by atoms with Crippen LogP contribution >= 0.6 is 0 Å². The van der Waals surface area contributed by atoms with Crippen molar-refractivity contribution in [1.82, 2.24) is 9.36 Å². The summed E-state index contributed by atoms with van der Waals surface area (Å²) in [5.74, 6) is -0.471. The van der Waals surface area contributed by atoms with E-state index >= 15 is 0 Å². The average molecular weight is 542 g/mol. The number of esters is 1. The van der Waals surface area contributed by atoms with Crippen molar-refractivity contribution in [2.75, 3.05) is 5.32 Å². The summed E-state index contributed by atoms with van der Waals surface area (Å²) in [7, 11) is 1.74. The Hall–Kier alpha value is -4.59. The quantitative estimate of drug-likeness (QED) is 0.296. The van der Waals surface area contributed by atoms with Gasteiger partial charge in [-0.1, -0.05) is 63.2 Å². The molecule has 0 saturated heterocycles. The Kier molecular flexibility index (Phi) is 8.28. The minimum absolute atomic E-state index is 0.0750. The Morgan fingerprint density at radius 3 is 2.15 bits per heavy atom. The van der Waals surface area contributed by atoms with Crippen molar-refractivity contribution >= 4 is 17.6 Å². The minimum Gasteiger partial charge on any atom is -0.489 e. The van der Waals surface area contributed by atoms with E-state index in [1.165, 1.54) is 17.2 Å². The van der Waals surface area contributed by atoms with Crippen LogP contribution < -0.4 is 15.6 Å². The van der Waals surface area contributed by atoms with Gasteiger partial charge in [0.2, 0.25) is 0 Å². The van der Waals surface area contributed by atoms with E-state index in [0.717, 1.165) is 11.3 Å². The monoisotopic (exact) mass is 541 g/mol. The molecule has 0 fully saturated rings. The summed E-state index contributed by atoms with van der Waals surface area (Å²) in [6.07, 6.45) is -1.12. The zero-order valence-corrected chi connectivity index (χ0v) is 23.7. The van der Waals surface area contributed by atoms with Crippen LogP contribution in [-0.4, -0.2) is 27.3 Å². The minimum atomic E-state index is -1.12. The van der Waals surface area contributed by atoms with Crippen LogP contribution in [0, 0.1) is 6.92 Å². The fourth-order valence-corrected chi connectivity index (χ4v) is 4.17. The van der Waals surface area contributed by atoms with Crippen LogP contribution in [0.5, 0.6) is 5.75 Å². The molecular formula is C32H35N3O5. The summed E-state index contributed by atoms with van der Waals surface area (Å²) in [5.41, 5.74) is 3.50. The first-order valence-electron chi connectivity index (χ1n) is 13.1. The van der Waals surface area contributed by atoms with E-state index in [9.17, 15) is 14.4 Å². The van der Waals surface area contributed by atoms with Gasteiger partial charge in [0.25, 0.3) is 11.5 Å². The highest BCUT2D eigenvalue weighted by atomic mass is 16.5. The van der Waals surface area contributed by atoms with Gasteiger partial charge in [-0.05, 0) is 66.8 Å².